The topological polar surface area (TPSA) is 17.1 Å². The molecule has 0 N–H and O–H groups in total. The first-order chi connectivity index (χ1) is 4.09. The summed E-state index contributed by atoms with van der Waals surface area (Å²) in [5, 5.41) is 0. The van der Waals surface area contributed by atoms with Gasteiger partial charge in [0.15, 0.2) is 0 Å². The summed E-state index contributed by atoms with van der Waals surface area (Å²) in [7, 11) is 0. The third-order valence-corrected chi connectivity index (χ3v) is 3.00. The first-order valence-corrected chi connectivity index (χ1v) is 3.54. The summed E-state index contributed by atoms with van der Waals surface area (Å²) >= 11 is 0. The molecule has 2 atom stereocenters. The van der Waals surface area contributed by atoms with Crippen LogP contribution >= 0.6 is 0 Å². The highest BCUT2D eigenvalue weighted by molar-refractivity contribution is 5.57. The summed E-state index contributed by atoms with van der Waals surface area (Å²) in [6, 6.07) is 0. The summed E-state index contributed by atoms with van der Waals surface area (Å²) in [5.74, 6) is 1.06. The molecule has 0 aliphatic heterocycles. The Morgan fingerprint density at radius 2 is 2.11 bits per heavy atom. The molecule has 1 nitrogen and oxygen atoms in total. The Hall–Kier alpha value is -0.330. The minimum Gasteiger partial charge on any atom is -0.303 e. The number of aldehydes is 1. The van der Waals surface area contributed by atoms with E-state index in [9.17, 15) is 4.79 Å². The largest absolute Gasteiger partial charge is 0.303 e. The van der Waals surface area contributed by atoms with Crippen LogP contribution in [0.3, 0.4) is 0 Å². The minimum absolute atomic E-state index is 0.280. The smallest absolute Gasteiger partial charge is 0.123 e. The lowest BCUT2D eigenvalue weighted by molar-refractivity contribution is -0.124. The van der Waals surface area contributed by atoms with Crippen LogP contribution in [-0.2, 0) is 4.79 Å². The van der Waals surface area contributed by atoms with Crippen molar-refractivity contribution >= 4 is 6.29 Å². The molecule has 0 bridgehead atoms. The fraction of sp³-hybridized carbons (Fsp3) is 0.875. The number of carbonyl (C=O) groups is 1. The van der Waals surface area contributed by atoms with Crippen LogP contribution in [0.25, 0.3) is 0 Å². The molecule has 52 valence electrons. The Bertz CT molecular complexity index is 127. The number of rotatable bonds is 1. The summed E-state index contributed by atoms with van der Waals surface area (Å²) in [6.07, 6.45) is 2.19. The van der Waals surface area contributed by atoms with Crippen molar-refractivity contribution in [3.63, 3.8) is 0 Å². The second-order valence-electron chi connectivity index (χ2n) is 3.70. The van der Waals surface area contributed by atoms with Gasteiger partial charge in [0.25, 0.3) is 0 Å². The van der Waals surface area contributed by atoms with Gasteiger partial charge in [0.05, 0.1) is 0 Å². The summed E-state index contributed by atoms with van der Waals surface area (Å²) in [4.78, 5) is 10.3. The van der Waals surface area contributed by atoms with E-state index in [2.05, 4.69) is 20.8 Å². The lowest BCUT2D eigenvalue weighted by Gasteiger charge is -2.48. The van der Waals surface area contributed by atoms with Crippen molar-refractivity contribution < 1.29 is 4.79 Å². The van der Waals surface area contributed by atoms with Crippen molar-refractivity contribution in [2.45, 2.75) is 27.2 Å². The van der Waals surface area contributed by atoms with Crippen LogP contribution in [0.2, 0.25) is 0 Å². The average Bonchev–Trinajstić information content (AvgIpc) is 1.82. The highest BCUT2D eigenvalue weighted by Gasteiger charge is 2.44. The molecule has 0 saturated heterocycles. The van der Waals surface area contributed by atoms with Gasteiger partial charge in [0.1, 0.15) is 6.29 Å². The van der Waals surface area contributed by atoms with Crippen molar-refractivity contribution in [1.29, 1.82) is 0 Å². The van der Waals surface area contributed by atoms with Crippen LogP contribution < -0.4 is 0 Å². The van der Waals surface area contributed by atoms with Crippen LogP contribution in [0, 0.1) is 17.3 Å². The lowest BCUT2D eigenvalue weighted by Crippen LogP contribution is -2.43. The van der Waals surface area contributed by atoms with Gasteiger partial charge in [-0.25, -0.2) is 0 Å². The van der Waals surface area contributed by atoms with E-state index in [1.807, 2.05) is 0 Å². The van der Waals surface area contributed by atoms with Gasteiger partial charge in [-0.2, -0.15) is 0 Å². The van der Waals surface area contributed by atoms with Crippen molar-refractivity contribution in [2.24, 2.45) is 17.3 Å². The van der Waals surface area contributed by atoms with Crippen molar-refractivity contribution in [1.82, 2.24) is 0 Å². The molecule has 1 heteroatoms. The lowest BCUT2D eigenvalue weighted by atomic mass is 9.56. The quantitative estimate of drug-likeness (QED) is 0.490. The van der Waals surface area contributed by atoms with E-state index in [0.717, 1.165) is 18.6 Å². The van der Waals surface area contributed by atoms with Gasteiger partial charge in [-0.3, -0.25) is 0 Å². The zero-order valence-corrected chi connectivity index (χ0v) is 6.35. The molecule has 0 radical (unpaired) electrons. The molecule has 0 aromatic heterocycles. The molecule has 1 fully saturated rings. The summed E-state index contributed by atoms with van der Waals surface area (Å²) < 4.78 is 0. The van der Waals surface area contributed by atoms with Gasteiger partial charge in [-0.05, 0) is 17.8 Å². The average molecular weight is 126 g/mol. The van der Waals surface area contributed by atoms with Gasteiger partial charge >= 0.3 is 0 Å². The second kappa shape index (κ2) is 1.83. The zero-order chi connectivity index (χ0) is 7.07. The first kappa shape index (κ1) is 6.79. The van der Waals surface area contributed by atoms with Gasteiger partial charge in [0.2, 0.25) is 0 Å². The van der Waals surface area contributed by atoms with Gasteiger partial charge in [-0.1, -0.05) is 20.8 Å². The van der Waals surface area contributed by atoms with E-state index in [1.54, 1.807) is 0 Å². The van der Waals surface area contributed by atoms with Crippen LogP contribution in [0.1, 0.15) is 27.2 Å². The summed E-state index contributed by atoms with van der Waals surface area (Å²) in [6.45, 7) is 6.54. The molecule has 2 unspecified atom stereocenters. The van der Waals surface area contributed by atoms with Gasteiger partial charge < -0.3 is 4.79 Å². The molecule has 1 rings (SSSR count). The Kier molecular flexibility index (Phi) is 1.38. The van der Waals surface area contributed by atoms with Crippen molar-refractivity contribution in [3.8, 4) is 0 Å². The monoisotopic (exact) mass is 126 g/mol. The molecule has 0 aromatic rings. The molecular formula is C8H14O. The fourth-order valence-corrected chi connectivity index (χ4v) is 1.42. The predicted molar refractivity (Wildman–Crippen MR) is 37.1 cm³/mol. The van der Waals surface area contributed by atoms with E-state index >= 15 is 0 Å². The van der Waals surface area contributed by atoms with Gasteiger partial charge in [-0.15, -0.1) is 0 Å². The second-order valence-corrected chi connectivity index (χ2v) is 3.70. The first-order valence-electron chi connectivity index (χ1n) is 3.54. The third kappa shape index (κ3) is 0.790. The Balaban J connectivity index is 2.58. The van der Waals surface area contributed by atoms with E-state index < -0.39 is 0 Å². The van der Waals surface area contributed by atoms with Crippen molar-refractivity contribution in [3.05, 3.63) is 0 Å². The van der Waals surface area contributed by atoms with Crippen LogP contribution in [-0.4, -0.2) is 6.29 Å². The highest BCUT2D eigenvalue weighted by Crippen LogP contribution is 2.49. The molecule has 9 heavy (non-hydrogen) atoms. The normalized spacial score (nSPS) is 39.4. The van der Waals surface area contributed by atoms with Crippen LogP contribution in [0.5, 0.6) is 0 Å². The van der Waals surface area contributed by atoms with E-state index in [0.29, 0.717) is 5.92 Å². The molecule has 1 aliphatic carbocycles. The molecule has 1 saturated carbocycles. The molecule has 0 amide bonds. The van der Waals surface area contributed by atoms with E-state index in [4.69, 9.17) is 0 Å². The third-order valence-electron chi connectivity index (χ3n) is 3.00. The van der Waals surface area contributed by atoms with Crippen molar-refractivity contribution in [2.75, 3.05) is 0 Å². The highest BCUT2D eigenvalue weighted by atomic mass is 16.1. The molecule has 0 aromatic carbocycles. The Labute approximate surface area is 56.4 Å². The Morgan fingerprint density at radius 1 is 1.56 bits per heavy atom. The maximum Gasteiger partial charge on any atom is 0.123 e. The fourth-order valence-electron chi connectivity index (χ4n) is 1.42. The maximum absolute atomic E-state index is 10.3. The summed E-state index contributed by atoms with van der Waals surface area (Å²) in [5.41, 5.74) is 0.280. The molecule has 0 spiro atoms. The SMILES string of the molecule is CC1CC(C=O)C1(C)C. The number of hydrogen-bond donors (Lipinski definition) is 0. The standard InChI is InChI=1S/C8H14O/c1-6-4-7(5-9)8(6,2)3/h5-7H,4H2,1-3H3. The molecular weight excluding hydrogens is 112 g/mol. The van der Waals surface area contributed by atoms with Crippen LogP contribution in [0.15, 0.2) is 0 Å². The number of hydrogen-bond acceptors (Lipinski definition) is 1. The van der Waals surface area contributed by atoms with E-state index in [-0.39, 0.29) is 5.41 Å². The number of carbonyl (C=O) groups excluding carboxylic acids is 1. The van der Waals surface area contributed by atoms with Gasteiger partial charge in [0, 0.05) is 5.92 Å². The molecule has 0 heterocycles. The Morgan fingerprint density at radius 3 is 2.22 bits per heavy atom. The maximum atomic E-state index is 10.3. The minimum atomic E-state index is 0.280. The predicted octanol–water partition coefficient (Wildman–Crippen LogP) is 1.87. The molecule has 1 aliphatic rings. The van der Waals surface area contributed by atoms with E-state index in [1.165, 1.54) is 0 Å². The zero-order valence-electron chi connectivity index (χ0n) is 6.35. The van der Waals surface area contributed by atoms with Crippen LogP contribution in [0.4, 0.5) is 0 Å².